The van der Waals surface area contributed by atoms with E-state index < -0.39 is 12.0 Å². The van der Waals surface area contributed by atoms with Crippen LogP contribution in [0.15, 0.2) is 54.7 Å². The van der Waals surface area contributed by atoms with Crippen LogP contribution in [0.4, 0.5) is 5.82 Å². The van der Waals surface area contributed by atoms with E-state index in [1.807, 2.05) is 23.1 Å². The summed E-state index contributed by atoms with van der Waals surface area (Å²) >= 11 is 0. The molecule has 1 atom stereocenters. The minimum atomic E-state index is -0.853. The molecule has 1 aromatic carbocycles. The molecule has 1 saturated heterocycles. The highest BCUT2D eigenvalue weighted by molar-refractivity contribution is 5.75. The van der Waals surface area contributed by atoms with Gasteiger partial charge in [-0.2, -0.15) is 0 Å². The third kappa shape index (κ3) is 4.68. The predicted octanol–water partition coefficient (Wildman–Crippen LogP) is 2.12. The maximum absolute atomic E-state index is 11.8. The first-order chi connectivity index (χ1) is 12.6. The molecule has 0 saturated carbocycles. The zero-order valence-corrected chi connectivity index (χ0v) is 14.7. The van der Waals surface area contributed by atoms with Crippen molar-refractivity contribution in [1.82, 2.24) is 14.8 Å². The fourth-order valence-corrected chi connectivity index (χ4v) is 3.19. The molecule has 1 aliphatic rings. The van der Waals surface area contributed by atoms with E-state index in [1.165, 1.54) is 5.56 Å². The predicted molar refractivity (Wildman–Crippen MR) is 103 cm³/mol. The molecule has 6 nitrogen and oxygen atoms in total. The monoisotopic (exact) mass is 352 g/mol. The normalized spacial score (nSPS) is 17.4. The van der Waals surface area contributed by atoms with Gasteiger partial charge >= 0.3 is 5.97 Å². The molecule has 1 aliphatic heterocycles. The molecule has 6 heteroatoms. The molecule has 0 radical (unpaired) electrons. The molecule has 0 bridgehead atoms. The van der Waals surface area contributed by atoms with E-state index in [9.17, 15) is 9.90 Å². The molecule has 0 amide bonds. The Bertz CT molecular complexity index is 738. The van der Waals surface area contributed by atoms with Gasteiger partial charge in [0.05, 0.1) is 0 Å². The number of pyridine rings is 1. The number of anilines is 1. The van der Waals surface area contributed by atoms with E-state index in [1.54, 1.807) is 18.3 Å². The van der Waals surface area contributed by atoms with E-state index in [4.69, 9.17) is 5.73 Å². The lowest BCUT2D eigenvalue weighted by atomic mass is 10.1. The standard InChI is InChI=1S/C20H24N4O2/c21-18-9-8-17(15-22-18)19(20(25)26)24-13-11-23(12-14-24)10-4-7-16-5-2-1-3-6-16/h1-9,15,19H,10-14H2,(H2,21,22)(H,25,26)/b7-4+/t19-/m0/s1. The molecular formula is C20H24N4O2. The number of piperazine rings is 1. The second kappa shape index (κ2) is 8.60. The number of nitrogen functional groups attached to an aromatic ring is 1. The van der Waals surface area contributed by atoms with Gasteiger partial charge in [-0.3, -0.25) is 14.6 Å². The first-order valence-electron chi connectivity index (χ1n) is 8.76. The smallest absolute Gasteiger partial charge is 0.325 e. The van der Waals surface area contributed by atoms with Crippen molar-refractivity contribution in [3.05, 3.63) is 65.9 Å². The minimum Gasteiger partial charge on any atom is -0.480 e. The number of carbonyl (C=O) groups is 1. The molecule has 3 N–H and O–H groups in total. The summed E-state index contributed by atoms with van der Waals surface area (Å²) in [7, 11) is 0. The number of hydrogen-bond acceptors (Lipinski definition) is 5. The number of hydrogen-bond donors (Lipinski definition) is 2. The summed E-state index contributed by atoms with van der Waals surface area (Å²) in [5, 5.41) is 9.66. The molecule has 2 aromatic rings. The van der Waals surface area contributed by atoms with Gasteiger partial charge in [-0.05, 0) is 17.2 Å². The number of aliphatic carboxylic acids is 1. The molecule has 1 fully saturated rings. The molecule has 1 aromatic heterocycles. The molecular weight excluding hydrogens is 328 g/mol. The summed E-state index contributed by atoms with van der Waals surface area (Å²) in [5.41, 5.74) is 7.46. The molecule has 2 heterocycles. The van der Waals surface area contributed by atoms with Crippen LogP contribution in [0.1, 0.15) is 17.2 Å². The number of aromatic nitrogens is 1. The maximum Gasteiger partial charge on any atom is 0.325 e. The minimum absolute atomic E-state index is 0.396. The number of rotatable bonds is 6. The van der Waals surface area contributed by atoms with Gasteiger partial charge in [0.1, 0.15) is 11.9 Å². The van der Waals surface area contributed by atoms with Crippen LogP contribution in [-0.4, -0.2) is 58.6 Å². The fourth-order valence-electron chi connectivity index (χ4n) is 3.19. The van der Waals surface area contributed by atoms with Crippen molar-refractivity contribution in [1.29, 1.82) is 0 Å². The summed E-state index contributed by atoms with van der Waals surface area (Å²) in [5.74, 6) is -0.457. The first-order valence-corrected chi connectivity index (χ1v) is 8.76. The Morgan fingerprint density at radius 3 is 2.50 bits per heavy atom. The van der Waals surface area contributed by atoms with Crippen LogP contribution in [0.5, 0.6) is 0 Å². The lowest BCUT2D eigenvalue weighted by Gasteiger charge is -2.37. The second-order valence-corrected chi connectivity index (χ2v) is 6.41. The van der Waals surface area contributed by atoms with Crippen LogP contribution in [0, 0.1) is 0 Å². The van der Waals surface area contributed by atoms with Gasteiger partial charge in [0.25, 0.3) is 0 Å². The highest BCUT2D eigenvalue weighted by Gasteiger charge is 2.30. The van der Waals surface area contributed by atoms with Crippen molar-refractivity contribution in [2.45, 2.75) is 6.04 Å². The highest BCUT2D eigenvalue weighted by Crippen LogP contribution is 2.22. The van der Waals surface area contributed by atoms with Crippen molar-refractivity contribution < 1.29 is 9.90 Å². The number of carboxylic acid groups (broad SMARTS) is 1. The van der Waals surface area contributed by atoms with Crippen molar-refractivity contribution in [3.8, 4) is 0 Å². The van der Waals surface area contributed by atoms with E-state index in [0.29, 0.717) is 24.5 Å². The third-order valence-corrected chi connectivity index (χ3v) is 4.60. The quantitative estimate of drug-likeness (QED) is 0.829. The number of nitrogens with zero attached hydrogens (tertiary/aromatic N) is 3. The number of carboxylic acids is 1. The van der Waals surface area contributed by atoms with Crippen molar-refractivity contribution in [2.75, 3.05) is 38.5 Å². The van der Waals surface area contributed by atoms with E-state index >= 15 is 0 Å². The Hall–Kier alpha value is -2.70. The molecule has 0 unspecified atom stereocenters. The first kappa shape index (κ1) is 18.1. The molecule has 0 aliphatic carbocycles. The third-order valence-electron chi connectivity index (χ3n) is 4.60. The average Bonchev–Trinajstić information content (AvgIpc) is 2.65. The van der Waals surface area contributed by atoms with Crippen molar-refractivity contribution in [3.63, 3.8) is 0 Å². The Balaban J connectivity index is 1.55. The summed E-state index contributed by atoms with van der Waals surface area (Å²) in [6.45, 7) is 3.96. The second-order valence-electron chi connectivity index (χ2n) is 6.41. The largest absolute Gasteiger partial charge is 0.480 e. The van der Waals surface area contributed by atoms with Crippen LogP contribution < -0.4 is 5.73 Å². The van der Waals surface area contributed by atoms with Crippen LogP contribution in [0.2, 0.25) is 0 Å². The van der Waals surface area contributed by atoms with E-state index in [-0.39, 0.29) is 0 Å². The van der Waals surface area contributed by atoms with E-state index in [2.05, 4.69) is 34.2 Å². The van der Waals surface area contributed by atoms with Gasteiger partial charge in [-0.25, -0.2) is 4.98 Å². The van der Waals surface area contributed by atoms with Gasteiger partial charge in [0, 0.05) is 38.9 Å². The van der Waals surface area contributed by atoms with Crippen LogP contribution in [0.3, 0.4) is 0 Å². The average molecular weight is 352 g/mol. The van der Waals surface area contributed by atoms with E-state index in [0.717, 1.165) is 19.6 Å². The van der Waals surface area contributed by atoms with Crippen LogP contribution >= 0.6 is 0 Å². The SMILES string of the molecule is Nc1ccc([C@@H](C(=O)O)N2CCN(C/C=C/c3ccccc3)CC2)cn1. The van der Waals surface area contributed by atoms with Gasteiger partial charge < -0.3 is 10.8 Å². The lowest BCUT2D eigenvalue weighted by Crippen LogP contribution is -2.49. The van der Waals surface area contributed by atoms with Crippen LogP contribution in [-0.2, 0) is 4.79 Å². The lowest BCUT2D eigenvalue weighted by molar-refractivity contribution is -0.144. The molecule has 26 heavy (non-hydrogen) atoms. The van der Waals surface area contributed by atoms with Gasteiger partial charge in [-0.15, -0.1) is 0 Å². The Morgan fingerprint density at radius 1 is 1.15 bits per heavy atom. The summed E-state index contributed by atoms with van der Waals surface area (Å²) in [4.78, 5) is 20.1. The van der Waals surface area contributed by atoms with Crippen molar-refractivity contribution >= 4 is 17.9 Å². The van der Waals surface area contributed by atoms with Gasteiger partial charge in [0.15, 0.2) is 0 Å². The summed E-state index contributed by atoms with van der Waals surface area (Å²) in [6, 6.07) is 12.9. The fraction of sp³-hybridized carbons (Fsp3) is 0.300. The highest BCUT2D eigenvalue weighted by atomic mass is 16.4. The molecule has 3 rings (SSSR count). The maximum atomic E-state index is 11.8. The summed E-state index contributed by atoms with van der Waals surface area (Å²) in [6.07, 6.45) is 5.83. The van der Waals surface area contributed by atoms with Crippen molar-refractivity contribution in [2.24, 2.45) is 0 Å². The topological polar surface area (TPSA) is 82.7 Å². The Labute approximate surface area is 153 Å². The molecule has 0 spiro atoms. The zero-order valence-electron chi connectivity index (χ0n) is 14.7. The van der Waals surface area contributed by atoms with Gasteiger partial charge in [0.2, 0.25) is 0 Å². The Kier molecular flexibility index (Phi) is 5.99. The van der Waals surface area contributed by atoms with Crippen LogP contribution in [0.25, 0.3) is 6.08 Å². The number of nitrogens with two attached hydrogens (primary N) is 1. The van der Waals surface area contributed by atoms with Gasteiger partial charge in [-0.1, -0.05) is 48.6 Å². The molecule has 136 valence electrons. The number of benzene rings is 1. The zero-order chi connectivity index (χ0) is 18.4. The summed E-state index contributed by atoms with van der Waals surface area (Å²) < 4.78 is 0. The Morgan fingerprint density at radius 2 is 1.88 bits per heavy atom.